The molecule has 2 aromatic rings. The Morgan fingerprint density at radius 2 is 1.38 bits per heavy atom. The Kier molecular flexibility index (Phi) is 7.41. The van der Waals surface area contributed by atoms with Gasteiger partial charge in [-0.15, -0.1) is 0 Å². The third-order valence-corrected chi connectivity index (χ3v) is 4.02. The largest absolute Gasteiger partial charge is 0.493 e. The quantitative estimate of drug-likeness (QED) is 0.572. The Hall–Kier alpha value is -3.75. The van der Waals surface area contributed by atoms with Gasteiger partial charge in [0.1, 0.15) is 0 Å². The smallest absolute Gasteiger partial charge is 0.251 e. The predicted octanol–water partition coefficient (Wildman–Crippen LogP) is 0.858. The van der Waals surface area contributed by atoms with Crippen molar-refractivity contribution in [2.75, 3.05) is 27.9 Å². The van der Waals surface area contributed by atoms with Crippen LogP contribution in [0.1, 0.15) is 26.3 Å². The number of benzene rings is 2. The molecule has 2 aromatic carbocycles. The van der Waals surface area contributed by atoms with E-state index < -0.39 is 11.8 Å². The molecule has 0 radical (unpaired) electrons. The molecule has 29 heavy (non-hydrogen) atoms. The number of carbonyl (C=O) groups excluding carboxylic acids is 3. The number of carbonyl (C=O) groups is 3. The van der Waals surface area contributed by atoms with Crippen LogP contribution in [-0.4, -0.2) is 45.6 Å². The molecule has 0 aliphatic rings. The number of ether oxygens (including phenoxy) is 3. The van der Waals surface area contributed by atoms with E-state index in [1.807, 2.05) is 0 Å². The number of rotatable bonds is 9. The first-order chi connectivity index (χ1) is 13.9. The first kappa shape index (κ1) is 21.5. The number of nitrogens with one attached hydrogen (secondary N) is 2. The molecule has 0 fully saturated rings. The zero-order chi connectivity index (χ0) is 21.4. The molecular weight excluding hydrogens is 378 g/mol. The average Bonchev–Trinajstić information content (AvgIpc) is 2.74. The zero-order valence-corrected chi connectivity index (χ0v) is 16.4. The van der Waals surface area contributed by atoms with Crippen molar-refractivity contribution in [2.45, 2.75) is 6.54 Å². The van der Waals surface area contributed by atoms with Crippen molar-refractivity contribution in [1.82, 2.24) is 10.6 Å². The van der Waals surface area contributed by atoms with Gasteiger partial charge in [-0.3, -0.25) is 14.4 Å². The van der Waals surface area contributed by atoms with Crippen molar-refractivity contribution in [3.05, 3.63) is 53.1 Å². The zero-order valence-electron chi connectivity index (χ0n) is 16.4. The highest BCUT2D eigenvalue weighted by molar-refractivity contribution is 5.96. The molecule has 0 atom stereocenters. The van der Waals surface area contributed by atoms with E-state index in [4.69, 9.17) is 19.9 Å². The summed E-state index contributed by atoms with van der Waals surface area (Å²) in [4.78, 5) is 35.1. The Bertz CT molecular complexity index is 871. The highest BCUT2D eigenvalue weighted by Crippen LogP contribution is 2.38. The molecule has 0 heterocycles. The van der Waals surface area contributed by atoms with Crippen LogP contribution in [0.4, 0.5) is 0 Å². The molecule has 0 aliphatic heterocycles. The summed E-state index contributed by atoms with van der Waals surface area (Å²) in [6.45, 7) is 0.0180. The van der Waals surface area contributed by atoms with Gasteiger partial charge in [0.2, 0.25) is 11.7 Å². The molecule has 0 unspecified atom stereocenters. The summed E-state index contributed by atoms with van der Waals surface area (Å²) in [7, 11) is 4.43. The standard InChI is InChI=1S/C20H23N3O6/c1-27-15-8-14(9-16(28-2)18(15)29-3)20(26)22-10-12-4-6-13(7-5-12)19(25)23-11-17(21)24/h4-9H,10-11H2,1-3H3,(H2,21,24)(H,22,26)(H,23,25). The maximum absolute atomic E-state index is 12.5. The van der Waals surface area contributed by atoms with E-state index in [2.05, 4.69) is 10.6 Å². The summed E-state index contributed by atoms with van der Waals surface area (Å²) < 4.78 is 15.7. The number of hydrogen-bond acceptors (Lipinski definition) is 6. The fourth-order valence-corrected chi connectivity index (χ4v) is 2.54. The number of primary amides is 1. The summed E-state index contributed by atoms with van der Waals surface area (Å²) in [5.41, 5.74) is 6.51. The predicted molar refractivity (Wildman–Crippen MR) is 105 cm³/mol. The van der Waals surface area contributed by atoms with Gasteiger partial charge in [-0.1, -0.05) is 12.1 Å². The maximum Gasteiger partial charge on any atom is 0.251 e. The van der Waals surface area contributed by atoms with Crippen LogP contribution in [-0.2, 0) is 11.3 Å². The molecule has 9 nitrogen and oxygen atoms in total. The monoisotopic (exact) mass is 401 g/mol. The minimum atomic E-state index is -0.621. The van der Waals surface area contributed by atoms with Gasteiger partial charge in [0.25, 0.3) is 11.8 Å². The average molecular weight is 401 g/mol. The molecule has 3 amide bonds. The number of nitrogens with two attached hydrogens (primary N) is 1. The summed E-state index contributed by atoms with van der Waals surface area (Å²) in [5, 5.41) is 5.19. The van der Waals surface area contributed by atoms with Crippen LogP contribution in [0.15, 0.2) is 36.4 Å². The Balaban J connectivity index is 2.04. The van der Waals surface area contributed by atoms with Crippen molar-refractivity contribution < 1.29 is 28.6 Å². The van der Waals surface area contributed by atoms with Gasteiger partial charge in [-0.05, 0) is 29.8 Å². The second kappa shape index (κ2) is 9.98. The van der Waals surface area contributed by atoms with E-state index >= 15 is 0 Å². The summed E-state index contributed by atoms with van der Waals surface area (Å²) in [6, 6.07) is 9.71. The minimum Gasteiger partial charge on any atom is -0.493 e. The Morgan fingerprint density at radius 1 is 0.828 bits per heavy atom. The molecule has 0 spiro atoms. The lowest BCUT2D eigenvalue weighted by Gasteiger charge is -2.14. The third-order valence-electron chi connectivity index (χ3n) is 4.02. The van der Waals surface area contributed by atoms with Gasteiger partial charge in [0.05, 0.1) is 27.9 Å². The van der Waals surface area contributed by atoms with Crippen molar-refractivity contribution in [3.8, 4) is 17.2 Å². The van der Waals surface area contributed by atoms with E-state index in [-0.39, 0.29) is 19.0 Å². The minimum absolute atomic E-state index is 0.231. The fourth-order valence-electron chi connectivity index (χ4n) is 2.54. The highest BCUT2D eigenvalue weighted by Gasteiger charge is 2.17. The molecule has 0 bridgehead atoms. The summed E-state index contributed by atoms with van der Waals surface area (Å²) in [6.07, 6.45) is 0. The van der Waals surface area contributed by atoms with Gasteiger partial charge in [0.15, 0.2) is 11.5 Å². The normalized spacial score (nSPS) is 10.0. The van der Waals surface area contributed by atoms with Gasteiger partial charge >= 0.3 is 0 Å². The molecule has 4 N–H and O–H groups in total. The molecule has 0 saturated carbocycles. The van der Waals surface area contributed by atoms with Crippen LogP contribution < -0.4 is 30.6 Å². The van der Waals surface area contributed by atoms with Gasteiger partial charge in [0, 0.05) is 17.7 Å². The first-order valence-corrected chi connectivity index (χ1v) is 8.63. The SMILES string of the molecule is COc1cc(C(=O)NCc2ccc(C(=O)NCC(N)=O)cc2)cc(OC)c1OC. The van der Waals surface area contributed by atoms with Crippen LogP contribution in [0.2, 0.25) is 0 Å². The Labute approximate surface area is 168 Å². The van der Waals surface area contributed by atoms with E-state index in [9.17, 15) is 14.4 Å². The second-order valence-corrected chi connectivity index (χ2v) is 5.94. The lowest BCUT2D eigenvalue weighted by Crippen LogP contribution is -2.33. The van der Waals surface area contributed by atoms with Crippen molar-refractivity contribution in [1.29, 1.82) is 0 Å². The number of methoxy groups -OCH3 is 3. The van der Waals surface area contributed by atoms with Gasteiger partial charge in [-0.2, -0.15) is 0 Å². The van der Waals surface area contributed by atoms with E-state index in [0.717, 1.165) is 5.56 Å². The van der Waals surface area contributed by atoms with E-state index in [1.54, 1.807) is 36.4 Å². The van der Waals surface area contributed by atoms with Crippen LogP contribution in [0.25, 0.3) is 0 Å². The maximum atomic E-state index is 12.5. The molecule has 0 aromatic heterocycles. The first-order valence-electron chi connectivity index (χ1n) is 8.63. The molecule has 0 saturated heterocycles. The molecule has 9 heteroatoms. The Morgan fingerprint density at radius 3 is 1.86 bits per heavy atom. The van der Waals surface area contributed by atoms with Crippen molar-refractivity contribution >= 4 is 17.7 Å². The molecule has 2 rings (SSSR count). The van der Waals surface area contributed by atoms with Crippen molar-refractivity contribution in [2.24, 2.45) is 5.73 Å². The van der Waals surface area contributed by atoms with Crippen LogP contribution in [0.5, 0.6) is 17.2 Å². The van der Waals surface area contributed by atoms with E-state index in [1.165, 1.54) is 21.3 Å². The summed E-state index contributed by atoms with van der Waals surface area (Å²) in [5.74, 6) is -0.197. The lowest BCUT2D eigenvalue weighted by molar-refractivity contribution is -0.117. The van der Waals surface area contributed by atoms with E-state index in [0.29, 0.717) is 28.4 Å². The number of amides is 3. The second-order valence-electron chi connectivity index (χ2n) is 5.94. The lowest BCUT2D eigenvalue weighted by atomic mass is 10.1. The van der Waals surface area contributed by atoms with Crippen LogP contribution in [0, 0.1) is 0 Å². The van der Waals surface area contributed by atoms with Crippen LogP contribution in [0.3, 0.4) is 0 Å². The fraction of sp³-hybridized carbons (Fsp3) is 0.250. The van der Waals surface area contributed by atoms with Crippen LogP contribution >= 0.6 is 0 Å². The summed E-state index contributed by atoms with van der Waals surface area (Å²) >= 11 is 0. The van der Waals surface area contributed by atoms with Crippen molar-refractivity contribution in [3.63, 3.8) is 0 Å². The number of hydrogen-bond donors (Lipinski definition) is 3. The topological polar surface area (TPSA) is 129 Å². The van der Waals surface area contributed by atoms with Gasteiger partial charge in [-0.25, -0.2) is 0 Å². The molecule has 0 aliphatic carbocycles. The third kappa shape index (κ3) is 5.61. The molecule has 154 valence electrons. The molecular formula is C20H23N3O6. The van der Waals surface area contributed by atoms with Gasteiger partial charge < -0.3 is 30.6 Å². The highest BCUT2D eigenvalue weighted by atomic mass is 16.5.